The maximum Gasteiger partial charge on any atom is 0.528 e. The first-order valence-electron chi connectivity index (χ1n) is 2.53. The minimum Gasteiger partial charge on any atom is -0.374 e. The van der Waals surface area contributed by atoms with Gasteiger partial charge in [-0.3, -0.25) is 0 Å². The van der Waals surface area contributed by atoms with Crippen molar-refractivity contribution in [2.24, 2.45) is 0 Å². The fourth-order valence-corrected chi connectivity index (χ4v) is 1.50. The second-order valence-electron chi connectivity index (χ2n) is 1.42. The molecule has 3 nitrogen and oxygen atoms in total. The van der Waals surface area contributed by atoms with Gasteiger partial charge in [0, 0.05) is 43.0 Å². The van der Waals surface area contributed by atoms with Crippen LogP contribution in [0, 0.1) is 0 Å². The van der Waals surface area contributed by atoms with E-state index in [2.05, 4.69) is 6.58 Å². The van der Waals surface area contributed by atoms with E-state index in [1.807, 2.05) is 0 Å². The smallest absolute Gasteiger partial charge is 0.374 e. The number of hydrogen-bond donors (Lipinski definition) is 0. The first-order valence-corrected chi connectivity index (χ1v) is 4.34. The van der Waals surface area contributed by atoms with E-state index in [4.69, 9.17) is 13.3 Å². The summed E-state index contributed by atoms with van der Waals surface area (Å²) in [6, 6.07) is 0. The van der Waals surface area contributed by atoms with Crippen molar-refractivity contribution in [2.75, 3.05) is 21.3 Å². The van der Waals surface area contributed by atoms with Gasteiger partial charge in [-0.25, -0.2) is 0 Å². The van der Waals surface area contributed by atoms with Crippen molar-refractivity contribution >= 4 is 8.80 Å². The van der Waals surface area contributed by atoms with Crippen LogP contribution in [0.25, 0.3) is 0 Å². The third kappa shape index (κ3) is 3.10. The van der Waals surface area contributed by atoms with Crippen LogP contribution in [0.3, 0.4) is 0 Å². The fourth-order valence-electron chi connectivity index (χ4n) is 0.500. The van der Waals surface area contributed by atoms with Crippen LogP contribution in [0.4, 0.5) is 0 Å². The van der Waals surface area contributed by atoms with Gasteiger partial charge in [-0.15, -0.1) is 0 Å². The molecular formula is C5H12O3SiTi. The van der Waals surface area contributed by atoms with Crippen molar-refractivity contribution < 1.29 is 35.0 Å². The number of hydrogen-bond acceptors (Lipinski definition) is 3. The zero-order valence-electron chi connectivity index (χ0n) is 6.51. The van der Waals surface area contributed by atoms with Crippen LogP contribution in [-0.2, 0) is 35.0 Å². The molecule has 0 aliphatic carbocycles. The Morgan fingerprint density at radius 1 is 1.10 bits per heavy atom. The van der Waals surface area contributed by atoms with Gasteiger partial charge >= 0.3 is 8.80 Å². The van der Waals surface area contributed by atoms with Gasteiger partial charge in [0.05, 0.1) is 0 Å². The van der Waals surface area contributed by atoms with E-state index in [1.165, 1.54) is 0 Å². The molecular weight excluding hydrogens is 184 g/mol. The minimum atomic E-state index is -2.43. The molecule has 0 rings (SSSR count). The van der Waals surface area contributed by atoms with Gasteiger partial charge in [-0.1, -0.05) is 6.58 Å². The Kier molecular flexibility index (Phi) is 8.26. The number of rotatable bonds is 4. The Labute approximate surface area is 77.6 Å². The summed E-state index contributed by atoms with van der Waals surface area (Å²) >= 11 is 0. The summed E-state index contributed by atoms with van der Waals surface area (Å²) < 4.78 is 14.9. The largest absolute Gasteiger partial charge is 0.528 e. The van der Waals surface area contributed by atoms with E-state index in [0.717, 1.165) is 0 Å². The van der Waals surface area contributed by atoms with Crippen LogP contribution in [-0.4, -0.2) is 30.1 Å². The average Bonchev–Trinajstić information content (AvgIpc) is 1.95. The molecule has 0 atom stereocenters. The molecule has 0 bridgehead atoms. The molecule has 0 saturated carbocycles. The first kappa shape index (κ1) is 13.2. The summed E-state index contributed by atoms with van der Waals surface area (Å²) in [5.41, 5.74) is 1.58. The minimum absolute atomic E-state index is 0. The summed E-state index contributed by atoms with van der Waals surface area (Å²) in [4.78, 5) is 0. The second kappa shape index (κ2) is 6.27. The monoisotopic (exact) mass is 196 g/mol. The molecule has 0 radical (unpaired) electrons. The summed E-state index contributed by atoms with van der Waals surface area (Å²) in [5, 5.41) is 0. The molecule has 0 aromatic rings. The molecule has 5 heteroatoms. The molecule has 0 N–H and O–H groups in total. The molecule has 0 aromatic carbocycles. The van der Waals surface area contributed by atoms with Gasteiger partial charge in [0.2, 0.25) is 0 Å². The van der Waals surface area contributed by atoms with Crippen molar-refractivity contribution in [2.45, 2.75) is 0 Å². The molecule has 0 heterocycles. The maximum absolute atomic E-state index is 4.96. The quantitative estimate of drug-likeness (QED) is 0.616. The molecule has 0 unspecified atom stereocenters. The van der Waals surface area contributed by atoms with E-state index in [-0.39, 0.29) is 21.7 Å². The van der Waals surface area contributed by atoms with Crippen molar-refractivity contribution in [3.05, 3.63) is 12.3 Å². The molecule has 0 aliphatic heterocycles. The first-order chi connectivity index (χ1) is 4.24. The predicted octanol–water partition coefficient (Wildman–Crippen LogP) is 0.587. The van der Waals surface area contributed by atoms with E-state index < -0.39 is 8.80 Å². The summed E-state index contributed by atoms with van der Waals surface area (Å²) in [6.45, 7) is 3.53. The van der Waals surface area contributed by atoms with Crippen molar-refractivity contribution in [3.8, 4) is 0 Å². The Hall–Kier alpha value is 0.551. The Morgan fingerprint density at radius 3 is 1.40 bits per heavy atom. The molecule has 0 saturated heterocycles. The van der Waals surface area contributed by atoms with Crippen molar-refractivity contribution in [1.82, 2.24) is 0 Å². The van der Waals surface area contributed by atoms with Gasteiger partial charge in [0.1, 0.15) is 0 Å². The summed E-state index contributed by atoms with van der Waals surface area (Å²) in [6.07, 6.45) is 0. The third-order valence-corrected chi connectivity index (χ3v) is 3.31. The third-order valence-electron chi connectivity index (χ3n) is 1.10. The van der Waals surface area contributed by atoms with Gasteiger partial charge in [0.15, 0.2) is 0 Å². The van der Waals surface area contributed by atoms with Crippen LogP contribution in [0.15, 0.2) is 12.3 Å². The molecule has 0 fully saturated rings. The second-order valence-corrected chi connectivity index (χ2v) is 4.26. The molecule has 0 spiro atoms. The molecule has 0 amide bonds. The zero-order valence-corrected chi connectivity index (χ0v) is 9.07. The van der Waals surface area contributed by atoms with Gasteiger partial charge in [0.25, 0.3) is 0 Å². The Balaban J connectivity index is 0. The van der Waals surface area contributed by atoms with Gasteiger partial charge < -0.3 is 13.3 Å². The van der Waals surface area contributed by atoms with Crippen molar-refractivity contribution in [3.63, 3.8) is 0 Å². The van der Waals surface area contributed by atoms with E-state index in [0.29, 0.717) is 0 Å². The Bertz CT molecular complexity index is 86.6. The summed E-state index contributed by atoms with van der Waals surface area (Å²) in [5.74, 6) is 0. The predicted molar refractivity (Wildman–Crippen MR) is 37.0 cm³/mol. The molecule has 10 heavy (non-hydrogen) atoms. The average molecular weight is 196 g/mol. The van der Waals surface area contributed by atoms with Crippen LogP contribution in [0.5, 0.6) is 0 Å². The van der Waals surface area contributed by atoms with Crippen LogP contribution < -0.4 is 0 Å². The van der Waals surface area contributed by atoms with Gasteiger partial charge in [-0.05, 0) is 5.70 Å². The van der Waals surface area contributed by atoms with E-state index >= 15 is 0 Å². The van der Waals surface area contributed by atoms with E-state index in [1.54, 1.807) is 27.0 Å². The van der Waals surface area contributed by atoms with Gasteiger partial charge in [-0.2, -0.15) is 0 Å². The summed E-state index contributed by atoms with van der Waals surface area (Å²) in [7, 11) is 2.20. The Morgan fingerprint density at radius 2 is 1.40 bits per heavy atom. The normalized spacial score (nSPS) is 10.3. The fraction of sp³-hybridized carbons (Fsp3) is 0.600. The van der Waals surface area contributed by atoms with E-state index in [9.17, 15) is 0 Å². The van der Waals surface area contributed by atoms with Crippen LogP contribution >= 0.6 is 0 Å². The van der Waals surface area contributed by atoms with Crippen LogP contribution in [0.2, 0.25) is 0 Å². The molecule has 58 valence electrons. The maximum atomic E-state index is 4.96. The standard InChI is InChI=1S/C5H12O3Si.Ti/c1-5-9(6-2,7-3)8-4;/h5H,1H2,2-4H3;. The topological polar surface area (TPSA) is 27.7 Å². The molecule has 0 aliphatic rings. The molecule has 0 aromatic heterocycles. The van der Waals surface area contributed by atoms with Crippen LogP contribution in [0.1, 0.15) is 0 Å². The SMILES string of the molecule is C=C[Si](OC)(OC)OC.[Ti]. The zero-order chi connectivity index (χ0) is 7.33. The van der Waals surface area contributed by atoms with Crippen molar-refractivity contribution in [1.29, 1.82) is 0 Å².